The lowest BCUT2D eigenvalue weighted by molar-refractivity contribution is 0.111. The van der Waals surface area contributed by atoms with Crippen LogP contribution >= 0.6 is 31.9 Å². The molecule has 0 spiro atoms. The second kappa shape index (κ2) is 20.2. The molecule has 6 aromatic rings. The lowest BCUT2D eigenvalue weighted by Crippen LogP contribution is -2.14. The van der Waals surface area contributed by atoms with Crippen molar-refractivity contribution >= 4 is 60.0 Å². The quantitative estimate of drug-likeness (QED) is 0.131. The smallest absolute Gasteiger partial charge is 0.168 e. The average Bonchev–Trinajstić information content (AvgIpc) is 3.14. The fourth-order valence-electron chi connectivity index (χ4n) is 4.75. The molecule has 0 aliphatic heterocycles. The number of pyridine rings is 2. The first-order valence-electron chi connectivity index (χ1n) is 15.2. The zero-order chi connectivity index (χ0) is 35.2. The Balaban J connectivity index is 0.000000220. The van der Waals surface area contributed by atoms with Gasteiger partial charge in [0.25, 0.3) is 0 Å². The number of nitrogens with zero attached hydrogens (tertiary/aromatic N) is 2. The highest BCUT2D eigenvalue weighted by Crippen LogP contribution is 2.25. The van der Waals surface area contributed by atoms with Crippen LogP contribution < -0.4 is 30.0 Å². The van der Waals surface area contributed by atoms with E-state index in [1.54, 1.807) is 34.5 Å². The number of halogens is 2. The third-order valence-electron chi connectivity index (χ3n) is 7.34. The van der Waals surface area contributed by atoms with Crippen LogP contribution in [0.4, 0.5) is 0 Å². The Bertz CT molecular complexity index is 2010. The van der Waals surface area contributed by atoms with Crippen molar-refractivity contribution < 1.29 is 23.7 Å². The summed E-state index contributed by atoms with van der Waals surface area (Å²) in [6, 6.07) is 31.1. The van der Waals surface area contributed by atoms with Crippen LogP contribution in [0.2, 0.25) is 0 Å². The predicted octanol–water partition coefficient (Wildman–Crippen LogP) is 8.91. The third kappa shape index (κ3) is 11.2. The minimum Gasteiger partial charge on any atom is -0.497 e. The SMILES string of the molecule is C.COc1ccc(CN)c(OC)c1.COc1ccc(CNCc2ccc3ccc(Br)cc3n2)c(OC)c1.O=Cc1ccc2ccc(Br)cc2n1. The van der Waals surface area contributed by atoms with Crippen LogP contribution in [0.5, 0.6) is 23.0 Å². The van der Waals surface area contributed by atoms with Crippen LogP contribution in [0.15, 0.2) is 106 Å². The Morgan fingerprint density at radius 1 is 0.640 bits per heavy atom. The number of carbonyl (C=O) groups excluding carboxylic acids is 1. The molecule has 2 heterocycles. The molecule has 0 aliphatic carbocycles. The van der Waals surface area contributed by atoms with Gasteiger partial charge in [-0.2, -0.15) is 0 Å². The summed E-state index contributed by atoms with van der Waals surface area (Å²) in [5, 5.41) is 5.59. The minimum absolute atomic E-state index is 0. The van der Waals surface area contributed by atoms with E-state index in [-0.39, 0.29) is 7.43 Å². The Morgan fingerprint density at radius 2 is 1.16 bits per heavy atom. The summed E-state index contributed by atoms with van der Waals surface area (Å²) in [5.41, 5.74) is 10.9. The average molecular weight is 807 g/mol. The number of methoxy groups -OCH3 is 4. The molecular weight excluding hydrogens is 764 g/mol. The Hall–Kier alpha value is -4.55. The number of aromatic nitrogens is 2. The van der Waals surface area contributed by atoms with Gasteiger partial charge in [-0.25, -0.2) is 4.98 Å². The van der Waals surface area contributed by atoms with Gasteiger partial charge in [0.15, 0.2) is 6.29 Å². The molecule has 0 amide bonds. The molecule has 0 radical (unpaired) electrons. The van der Waals surface area contributed by atoms with Gasteiger partial charge in [0.1, 0.15) is 28.7 Å². The van der Waals surface area contributed by atoms with Crippen molar-refractivity contribution in [1.29, 1.82) is 0 Å². The van der Waals surface area contributed by atoms with Gasteiger partial charge in [-0.05, 0) is 48.5 Å². The minimum atomic E-state index is 0. The normalized spacial score (nSPS) is 10.1. The van der Waals surface area contributed by atoms with E-state index in [2.05, 4.69) is 60.4 Å². The topological polar surface area (TPSA) is 118 Å². The van der Waals surface area contributed by atoms with Crippen LogP contribution in [0.25, 0.3) is 21.8 Å². The summed E-state index contributed by atoms with van der Waals surface area (Å²) in [6.07, 6.45) is 0.750. The molecule has 4 aromatic carbocycles. The summed E-state index contributed by atoms with van der Waals surface area (Å²) < 4.78 is 22.8. The van der Waals surface area contributed by atoms with E-state index in [1.165, 1.54) is 0 Å². The maximum atomic E-state index is 10.5. The largest absolute Gasteiger partial charge is 0.497 e. The molecule has 0 aliphatic rings. The number of benzene rings is 4. The molecule has 262 valence electrons. The highest BCUT2D eigenvalue weighted by Gasteiger charge is 2.06. The summed E-state index contributed by atoms with van der Waals surface area (Å²) in [4.78, 5) is 19.3. The maximum absolute atomic E-state index is 10.5. The van der Waals surface area contributed by atoms with E-state index in [4.69, 9.17) is 29.7 Å². The highest BCUT2D eigenvalue weighted by molar-refractivity contribution is 9.10. The molecular formula is C39H42Br2N4O5. The number of ether oxygens (including phenoxy) is 4. The number of hydrogen-bond donors (Lipinski definition) is 2. The number of fused-ring (bicyclic) bond motifs is 2. The number of hydrogen-bond acceptors (Lipinski definition) is 9. The zero-order valence-corrected chi connectivity index (χ0v) is 30.9. The highest BCUT2D eigenvalue weighted by atomic mass is 79.9. The second-order valence-corrected chi connectivity index (χ2v) is 12.3. The number of nitrogens with one attached hydrogen (secondary N) is 1. The van der Waals surface area contributed by atoms with Crippen molar-refractivity contribution in [2.24, 2.45) is 5.73 Å². The van der Waals surface area contributed by atoms with Gasteiger partial charge in [-0.3, -0.25) is 9.78 Å². The van der Waals surface area contributed by atoms with E-state index >= 15 is 0 Å². The second-order valence-electron chi connectivity index (χ2n) is 10.5. The molecule has 0 unspecified atom stereocenters. The molecule has 0 saturated heterocycles. The van der Waals surface area contributed by atoms with Gasteiger partial charge in [-0.15, -0.1) is 0 Å². The van der Waals surface area contributed by atoms with Crippen LogP contribution in [-0.4, -0.2) is 44.7 Å². The maximum Gasteiger partial charge on any atom is 0.168 e. The number of rotatable bonds is 10. The Labute approximate surface area is 310 Å². The van der Waals surface area contributed by atoms with E-state index in [0.29, 0.717) is 25.3 Å². The summed E-state index contributed by atoms with van der Waals surface area (Å²) >= 11 is 6.84. The van der Waals surface area contributed by atoms with Gasteiger partial charge >= 0.3 is 0 Å². The van der Waals surface area contributed by atoms with Crippen molar-refractivity contribution in [2.75, 3.05) is 28.4 Å². The van der Waals surface area contributed by atoms with Gasteiger partial charge in [0, 0.05) is 62.6 Å². The first kappa shape index (κ1) is 39.9. The lowest BCUT2D eigenvalue weighted by Gasteiger charge is -2.11. The molecule has 0 atom stereocenters. The Kier molecular flexibility index (Phi) is 16.1. The van der Waals surface area contributed by atoms with Gasteiger partial charge in [0.2, 0.25) is 0 Å². The van der Waals surface area contributed by atoms with Crippen molar-refractivity contribution in [1.82, 2.24) is 15.3 Å². The van der Waals surface area contributed by atoms with E-state index in [9.17, 15) is 4.79 Å². The number of nitrogens with two attached hydrogens (primary N) is 1. The first-order valence-corrected chi connectivity index (χ1v) is 16.8. The fraction of sp³-hybridized carbons (Fsp3) is 0.205. The summed E-state index contributed by atoms with van der Waals surface area (Å²) in [5.74, 6) is 3.16. The van der Waals surface area contributed by atoms with Crippen molar-refractivity contribution in [3.63, 3.8) is 0 Å². The third-order valence-corrected chi connectivity index (χ3v) is 8.32. The van der Waals surface area contributed by atoms with Crippen LogP contribution in [-0.2, 0) is 19.6 Å². The molecule has 3 N–H and O–H groups in total. The summed E-state index contributed by atoms with van der Waals surface area (Å²) in [6.45, 7) is 1.87. The zero-order valence-electron chi connectivity index (χ0n) is 27.7. The summed E-state index contributed by atoms with van der Waals surface area (Å²) in [7, 11) is 6.56. The van der Waals surface area contributed by atoms with E-state index < -0.39 is 0 Å². The Morgan fingerprint density at radius 3 is 1.70 bits per heavy atom. The van der Waals surface area contributed by atoms with Crippen LogP contribution in [0.3, 0.4) is 0 Å². The van der Waals surface area contributed by atoms with Crippen molar-refractivity contribution in [3.05, 3.63) is 129 Å². The van der Waals surface area contributed by atoms with Crippen LogP contribution in [0, 0.1) is 0 Å². The fourth-order valence-corrected chi connectivity index (χ4v) is 5.44. The molecule has 11 heteroatoms. The van der Waals surface area contributed by atoms with Gasteiger partial charge in [0.05, 0.1) is 45.2 Å². The lowest BCUT2D eigenvalue weighted by atomic mass is 10.2. The van der Waals surface area contributed by atoms with Gasteiger partial charge < -0.3 is 30.0 Å². The van der Waals surface area contributed by atoms with Crippen molar-refractivity contribution in [2.45, 2.75) is 27.1 Å². The molecule has 0 saturated carbocycles. The standard InChI is InChI=1S/C19H19BrN2O2.C10H6BrNO.C9H13NO2.CH4/c1-23-17-8-5-14(19(10-17)24-2)11-21-12-16-7-4-13-3-6-15(20)9-18(13)22-16;11-8-3-1-7-2-4-9(6-13)12-10(7)5-8;1-11-8-4-3-7(6-10)9(5-8)12-2;/h3-10,21H,11-12H2,1-2H3;1-6H;3-5H,6,10H2,1-2H3;1H4. The molecule has 9 nitrogen and oxygen atoms in total. The molecule has 6 rings (SSSR count). The van der Waals surface area contributed by atoms with E-state index in [0.717, 1.165) is 76.9 Å². The van der Waals surface area contributed by atoms with Crippen LogP contribution in [0.1, 0.15) is 34.7 Å². The molecule has 0 bridgehead atoms. The van der Waals surface area contributed by atoms with E-state index in [1.807, 2.05) is 72.8 Å². The van der Waals surface area contributed by atoms with Gasteiger partial charge in [-0.1, -0.05) is 75.7 Å². The first-order chi connectivity index (χ1) is 23.8. The number of aldehydes is 1. The molecule has 2 aromatic heterocycles. The predicted molar refractivity (Wildman–Crippen MR) is 209 cm³/mol. The van der Waals surface area contributed by atoms with Crippen molar-refractivity contribution in [3.8, 4) is 23.0 Å². The number of carbonyl (C=O) groups is 1. The monoisotopic (exact) mass is 804 g/mol. The molecule has 50 heavy (non-hydrogen) atoms. The molecule has 0 fully saturated rings.